The number of likely N-dealkylation sites (tertiary alicyclic amines) is 1. The standard InChI is InChI=1S/C20H28N4/c1-14-8-17(9-15(2)21-14)10-16-4-3-7-24(12-16)13-19-11-20(23-22-19)18-5-6-18/h8-9,11,16,18H,3-7,10,12-13H2,1-2H3,(H,22,23)/t16-/m1/s1. The van der Waals surface area contributed by atoms with Crippen LogP contribution < -0.4 is 0 Å². The molecule has 0 radical (unpaired) electrons. The first-order valence-corrected chi connectivity index (χ1v) is 9.36. The average Bonchev–Trinajstić information content (AvgIpc) is 3.27. The summed E-state index contributed by atoms with van der Waals surface area (Å²) in [6, 6.07) is 6.79. The number of H-pyrrole nitrogens is 1. The summed E-state index contributed by atoms with van der Waals surface area (Å²) in [6.45, 7) is 7.62. The number of hydrogen-bond acceptors (Lipinski definition) is 3. The van der Waals surface area contributed by atoms with E-state index in [9.17, 15) is 0 Å². The van der Waals surface area contributed by atoms with Gasteiger partial charge in [-0.1, -0.05) is 0 Å². The van der Waals surface area contributed by atoms with Gasteiger partial charge in [0.1, 0.15) is 0 Å². The summed E-state index contributed by atoms with van der Waals surface area (Å²) < 4.78 is 0. The van der Waals surface area contributed by atoms with Crippen LogP contribution in [0.1, 0.15) is 59.9 Å². The van der Waals surface area contributed by atoms with Gasteiger partial charge in [0.25, 0.3) is 0 Å². The van der Waals surface area contributed by atoms with Crippen LogP contribution in [0.25, 0.3) is 0 Å². The number of rotatable bonds is 5. The predicted octanol–water partition coefficient (Wildman–Crippen LogP) is 3.75. The van der Waals surface area contributed by atoms with Gasteiger partial charge in [0, 0.05) is 36.1 Å². The number of aromatic amines is 1. The fourth-order valence-corrected chi connectivity index (χ4v) is 4.12. The fraction of sp³-hybridized carbons (Fsp3) is 0.600. The Balaban J connectivity index is 1.36. The number of pyridine rings is 1. The van der Waals surface area contributed by atoms with Crippen molar-refractivity contribution >= 4 is 0 Å². The van der Waals surface area contributed by atoms with Crippen molar-refractivity contribution in [1.29, 1.82) is 0 Å². The van der Waals surface area contributed by atoms with Crippen LogP contribution in [-0.4, -0.2) is 33.2 Å². The molecule has 4 nitrogen and oxygen atoms in total. The third-order valence-corrected chi connectivity index (χ3v) is 5.31. The van der Waals surface area contributed by atoms with Crippen molar-refractivity contribution in [3.63, 3.8) is 0 Å². The number of piperidine rings is 1. The summed E-state index contributed by atoms with van der Waals surface area (Å²) in [4.78, 5) is 7.09. The van der Waals surface area contributed by atoms with Gasteiger partial charge in [0.05, 0.1) is 5.69 Å². The molecule has 1 N–H and O–H groups in total. The highest BCUT2D eigenvalue weighted by Crippen LogP contribution is 2.39. The van der Waals surface area contributed by atoms with Crippen LogP contribution in [0.2, 0.25) is 0 Å². The molecule has 0 spiro atoms. The second kappa shape index (κ2) is 6.67. The Morgan fingerprint density at radius 3 is 2.67 bits per heavy atom. The predicted molar refractivity (Wildman–Crippen MR) is 96.0 cm³/mol. The molecule has 1 atom stereocenters. The molecule has 0 unspecified atom stereocenters. The topological polar surface area (TPSA) is 44.8 Å². The van der Waals surface area contributed by atoms with E-state index in [2.05, 4.69) is 52.1 Å². The Labute approximate surface area is 144 Å². The van der Waals surface area contributed by atoms with Gasteiger partial charge in [0.2, 0.25) is 0 Å². The van der Waals surface area contributed by atoms with Gasteiger partial charge in [0.15, 0.2) is 0 Å². The Morgan fingerprint density at radius 1 is 1.12 bits per heavy atom. The lowest BCUT2D eigenvalue weighted by Crippen LogP contribution is -2.35. The molecule has 24 heavy (non-hydrogen) atoms. The van der Waals surface area contributed by atoms with E-state index < -0.39 is 0 Å². The highest BCUT2D eigenvalue weighted by atomic mass is 15.2. The molecule has 4 heteroatoms. The maximum absolute atomic E-state index is 4.50. The molecule has 4 rings (SSSR count). The Morgan fingerprint density at radius 2 is 1.92 bits per heavy atom. The first-order chi connectivity index (χ1) is 11.7. The van der Waals surface area contributed by atoms with E-state index in [1.807, 2.05) is 0 Å². The zero-order chi connectivity index (χ0) is 16.5. The highest BCUT2D eigenvalue weighted by Gasteiger charge is 2.27. The Kier molecular flexibility index (Phi) is 4.40. The molecule has 2 aliphatic rings. The summed E-state index contributed by atoms with van der Waals surface area (Å²) in [5.41, 5.74) is 6.30. The highest BCUT2D eigenvalue weighted by molar-refractivity contribution is 5.21. The molecular weight excluding hydrogens is 296 g/mol. The largest absolute Gasteiger partial charge is 0.297 e. The molecule has 1 aliphatic heterocycles. The second-order valence-electron chi connectivity index (χ2n) is 7.80. The van der Waals surface area contributed by atoms with Gasteiger partial charge in [-0.2, -0.15) is 5.10 Å². The number of aryl methyl sites for hydroxylation is 2. The van der Waals surface area contributed by atoms with Gasteiger partial charge in [-0.25, -0.2) is 0 Å². The maximum Gasteiger partial charge on any atom is 0.0656 e. The van der Waals surface area contributed by atoms with Crippen molar-refractivity contribution in [3.05, 3.63) is 46.5 Å². The van der Waals surface area contributed by atoms with Gasteiger partial charge < -0.3 is 0 Å². The van der Waals surface area contributed by atoms with Crippen LogP contribution in [0.4, 0.5) is 0 Å². The lowest BCUT2D eigenvalue weighted by Gasteiger charge is -2.32. The normalized spacial score (nSPS) is 22.0. The van der Waals surface area contributed by atoms with E-state index in [0.29, 0.717) is 0 Å². The third-order valence-electron chi connectivity index (χ3n) is 5.31. The van der Waals surface area contributed by atoms with Crippen LogP contribution in [0, 0.1) is 19.8 Å². The SMILES string of the molecule is Cc1cc(C[C@H]2CCCN(Cc3cc(C4CC4)n[nH]3)C2)cc(C)n1. The summed E-state index contributed by atoms with van der Waals surface area (Å²) in [5.74, 6) is 1.49. The van der Waals surface area contributed by atoms with Gasteiger partial charge in [-0.15, -0.1) is 0 Å². The molecule has 1 aliphatic carbocycles. The summed E-state index contributed by atoms with van der Waals surface area (Å²) >= 11 is 0. The minimum Gasteiger partial charge on any atom is -0.297 e. The smallest absolute Gasteiger partial charge is 0.0656 e. The van der Waals surface area contributed by atoms with Gasteiger partial charge in [-0.3, -0.25) is 15.0 Å². The molecule has 128 valence electrons. The van der Waals surface area contributed by atoms with Crippen LogP contribution >= 0.6 is 0 Å². The van der Waals surface area contributed by atoms with Gasteiger partial charge in [-0.05, 0) is 82.2 Å². The molecule has 2 aromatic rings. The summed E-state index contributed by atoms with van der Waals surface area (Å²) in [5, 5.41) is 7.75. The first-order valence-electron chi connectivity index (χ1n) is 9.36. The van der Waals surface area contributed by atoms with Crippen LogP contribution in [-0.2, 0) is 13.0 Å². The van der Waals surface area contributed by atoms with Crippen LogP contribution in [0.15, 0.2) is 18.2 Å². The Hall–Kier alpha value is -1.68. The Bertz CT molecular complexity index is 681. The third kappa shape index (κ3) is 3.86. The zero-order valence-corrected chi connectivity index (χ0v) is 14.9. The van der Waals surface area contributed by atoms with Crippen molar-refractivity contribution in [1.82, 2.24) is 20.1 Å². The first kappa shape index (κ1) is 15.8. The molecular formula is C20H28N4. The molecule has 3 heterocycles. The minimum absolute atomic E-state index is 0.738. The molecule has 2 fully saturated rings. The number of nitrogens with zero attached hydrogens (tertiary/aromatic N) is 3. The van der Waals surface area contributed by atoms with Crippen molar-refractivity contribution < 1.29 is 0 Å². The monoisotopic (exact) mass is 324 g/mol. The summed E-state index contributed by atoms with van der Waals surface area (Å²) in [7, 11) is 0. The van der Waals surface area contributed by atoms with Crippen LogP contribution in [0.5, 0.6) is 0 Å². The molecule has 0 bridgehead atoms. The second-order valence-corrected chi connectivity index (χ2v) is 7.80. The van der Waals surface area contributed by atoms with Crippen molar-refractivity contribution in [2.75, 3.05) is 13.1 Å². The van der Waals surface area contributed by atoms with E-state index in [0.717, 1.165) is 29.8 Å². The molecule has 0 aromatic carbocycles. The average molecular weight is 324 g/mol. The van der Waals surface area contributed by atoms with Crippen molar-refractivity contribution in [3.8, 4) is 0 Å². The number of nitrogens with one attached hydrogen (secondary N) is 1. The van der Waals surface area contributed by atoms with Crippen molar-refractivity contribution in [2.45, 2.75) is 58.4 Å². The van der Waals surface area contributed by atoms with E-state index in [-0.39, 0.29) is 0 Å². The number of aromatic nitrogens is 3. The van der Waals surface area contributed by atoms with Crippen LogP contribution in [0.3, 0.4) is 0 Å². The quantitative estimate of drug-likeness (QED) is 0.911. The molecule has 1 saturated carbocycles. The van der Waals surface area contributed by atoms with E-state index in [1.54, 1.807) is 0 Å². The number of hydrogen-bond donors (Lipinski definition) is 1. The lowest BCUT2D eigenvalue weighted by atomic mass is 9.91. The van der Waals surface area contributed by atoms with E-state index in [1.165, 1.54) is 62.1 Å². The van der Waals surface area contributed by atoms with E-state index in [4.69, 9.17) is 0 Å². The van der Waals surface area contributed by atoms with Crippen molar-refractivity contribution in [2.24, 2.45) is 5.92 Å². The molecule has 0 amide bonds. The molecule has 1 saturated heterocycles. The lowest BCUT2D eigenvalue weighted by molar-refractivity contribution is 0.165. The van der Waals surface area contributed by atoms with Gasteiger partial charge >= 0.3 is 0 Å². The summed E-state index contributed by atoms with van der Waals surface area (Å²) in [6.07, 6.45) is 6.46. The maximum atomic E-state index is 4.50. The minimum atomic E-state index is 0.738. The zero-order valence-electron chi connectivity index (χ0n) is 14.9. The fourth-order valence-electron chi connectivity index (χ4n) is 4.12. The van der Waals surface area contributed by atoms with E-state index >= 15 is 0 Å². The molecule has 2 aromatic heterocycles.